The van der Waals surface area contributed by atoms with E-state index < -0.39 is 0 Å². The van der Waals surface area contributed by atoms with E-state index in [2.05, 4.69) is 87.3 Å². The fourth-order valence-corrected chi connectivity index (χ4v) is 5.67. The Morgan fingerprint density at radius 3 is 2.51 bits per heavy atom. The van der Waals surface area contributed by atoms with Gasteiger partial charge in [-0.25, -0.2) is 4.68 Å². The normalized spacial score (nSPS) is 15.5. The number of H-pyrrole nitrogens is 1. The molecule has 0 saturated heterocycles. The average molecular weight is 499 g/mol. The Morgan fingerprint density at radius 1 is 1.00 bits per heavy atom. The zero-order valence-corrected chi connectivity index (χ0v) is 22.3. The van der Waals surface area contributed by atoms with Gasteiger partial charge in [-0.05, 0) is 72.7 Å². The fourth-order valence-electron chi connectivity index (χ4n) is 5.67. The molecule has 1 unspecified atom stereocenters. The van der Waals surface area contributed by atoms with Crippen molar-refractivity contribution < 1.29 is 0 Å². The maximum Gasteiger partial charge on any atom is 0.252 e. The third-order valence-electron chi connectivity index (χ3n) is 7.70. The Labute approximate surface area is 218 Å². The van der Waals surface area contributed by atoms with E-state index in [1.165, 1.54) is 36.0 Å². The first-order valence-electron chi connectivity index (χ1n) is 13.7. The van der Waals surface area contributed by atoms with E-state index >= 15 is 0 Å². The van der Waals surface area contributed by atoms with Gasteiger partial charge >= 0.3 is 0 Å². The molecule has 7 heteroatoms. The lowest BCUT2D eigenvalue weighted by atomic mass is 9.95. The molecule has 37 heavy (non-hydrogen) atoms. The van der Waals surface area contributed by atoms with Gasteiger partial charge in [0.15, 0.2) is 5.82 Å². The number of aryl methyl sites for hydroxylation is 2. The van der Waals surface area contributed by atoms with E-state index in [0.717, 1.165) is 48.0 Å². The van der Waals surface area contributed by atoms with Crippen molar-refractivity contribution in [3.63, 3.8) is 0 Å². The molecule has 1 N–H and O–H groups in total. The predicted octanol–water partition coefficient (Wildman–Crippen LogP) is 6.18. The van der Waals surface area contributed by atoms with Gasteiger partial charge in [-0.1, -0.05) is 74.1 Å². The van der Waals surface area contributed by atoms with Crippen LogP contribution in [0.15, 0.2) is 53.3 Å². The van der Waals surface area contributed by atoms with E-state index in [1.54, 1.807) is 0 Å². The van der Waals surface area contributed by atoms with Crippen molar-refractivity contribution in [1.82, 2.24) is 30.1 Å². The minimum Gasteiger partial charge on any atom is -0.322 e. The van der Waals surface area contributed by atoms with Crippen molar-refractivity contribution in [3.8, 4) is 0 Å². The Kier molecular flexibility index (Phi) is 7.79. The third kappa shape index (κ3) is 5.82. The molecule has 5 rings (SSSR count). The average Bonchev–Trinajstić information content (AvgIpc) is 3.39. The van der Waals surface area contributed by atoms with Crippen molar-refractivity contribution in [2.45, 2.75) is 90.9 Å². The highest BCUT2D eigenvalue weighted by molar-refractivity contribution is 5.79. The van der Waals surface area contributed by atoms with Crippen molar-refractivity contribution in [3.05, 3.63) is 87.0 Å². The van der Waals surface area contributed by atoms with E-state index in [-0.39, 0.29) is 11.6 Å². The number of tetrazole rings is 1. The molecule has 4 aromatic rings. The molecule has 0 bridgehead atoms. The summed E-state index contributed by atoms with van der Waals surface area (Å²) in [4.78, 5) is 18.7. The van der Waals surface area contributed by atoms with Crippen LogP contribution >= 0.6 is 0 Å². The van der Waals surface area contributed by atoms with Crippen LogP contribution in [0.5, 0.6) is 0 Å². The first-order valence-corrected chi connectivity index (χ1v) is 13.7. The fraction of sp³-hybridized carbons (Fsp3) is 0.467. The van der Waals surface area contributed by atoms with Gasteiger partial charge in [-0.3, -0.25) is 9.69 Å². The minimum absolute atomic E-state index is 0.0100. The highest BCUT2D eigenvalue weighted by Gasteiger charge is 2.29. The van der Waals surface area contributed by atoms with Crippen molar-refractivity contribution in [2.75, 3.05) is 0 Å². The number of rotatable bonds is 9. The van der Waals surface area contributed by atoms with Crippen LogP contribution < -0.4 is 5.56 Å². The van der Waals surface area contributed by atoms with Gasteiger partial charge in [-0.15, -0.1) is 5.10 Å². The maximum absolute atomic E-state index is 13.2. The second-order valence-corrected chi connectivity index (χ2v) is 10.7. The molecule has 2 aromatic heterocycles. The van der Waals surface area contributed by atoms with Crippen LogP contribution in [0.4, 0.5) is 0 Å². The lowest BCUT2D eigenvalue weighted by Crippen LogP contribution is -2.33. The monoisotopic (exact) mass is 498 g/mol. The summed E-state index contributed by atoms with van der Waals surface area (Å²) in [5.41, 5.74) is 5.24. The summed E-state index contributed by atoms with van der Waals surface area (Å²) in [6.07, 6.45) is 7.90. The molecule has 7 nitrogen and oxygen atoms in total. The molecule has 0 aliphatic heterocycles. The molecule has 1 aliphatic rings. The Hall–Kier alpha value is -3.32. The minimum atomic E-state index is -0.0348. The van der Waals surface area contributed by atoms with Crippen molar-refractivity contribution in [1.29, 1.82) is 0 Å². The lowest BCUT2D eigenvalue weighted by molar-refractivity contribution is 0.150. The molecule has 1 aliphatic carbocycles. The van der Waals surface area contributed by atoms with Crippen molar-refractivity contribution >= 4 is 10.9 Å². The quantitative estimate of drug-likeness (QED) is 0.298. The second kappa shape index (κ2) is 11.4. The number of nitrogens with one attached hydrogen (secondary N) is 1. The molecule has 0 spiro atoms. The standard InChI is InChI=1S/C30H38N6O/c1-4-8-28(29-32-33-34-36(29)26-9-6-5-7-10-26)35(19-23-14-11-21(2)12-15-23)20-25-18-24-17-22(3)13-16-27(24)31-30(25)37/h11-18,26,28H,4-10,19-20H2,1-3H3,(H,31,37). The van der Waals surface area contributed by atoms with E-state index in [0.29, 0.717) is 19.1 Å². The Balaban J connectivity index is 1.54. The number of fused-ring (bicyclic) bond motifs is 1. The first-order chi connectivity index (χ1) is 18.0. The molecule has 2 aromatic carbocycles. The molecule has 2 heterocycles. The first kappa shape index (κ1) is 25.3. The van der Waals surface area contributed by atoms with Crippen LogP contribution in [0.3, 0.4) is 0 Å². The number of hydrogen-bond acceptors (Lipinski definition) is 5. The zero-order valence-electron chi connectivity index (χ0n) is 22.3. The SMILES string of the molecule is CCCC(c1nnnn1C1CCCCC1)N(Cc1ccc(C)cc1)Cc1cc2cc(C)ccc2[nH]c1=O. The Bertz CT molecular complexity index is 1380. The van der Waals surface area contributed by atoms with Crippen molar-refractivity contribution in [2.24, 2.45) is 0 Å². The zero-order chi connectivity index (χ0) is 25.8. The van der Waals surface area contributed by atoms with Gasteiger partial charge in [0, 0.05) is 24.2 Å². The topological polar surface area (TPSA) is 79.7 Å². The molecular formula is C30H38N6O. The summed E-state index contributed by atoms with van der Waals surface area (Å²) in [6.45, 7) is 7.63. The van der Waals surface area contributed by atoms with Crippen LogP contribution in [-0.2, 0) is 13.1 Å². The van der Waals surface area contributed by atoms with E-state index in [1.807, 2.05) is 12.1 Å². The molecule has 0 amide bonds. The van der Waals surface area contributed by atoms with Gasteiger partial charge in [0.05, 0.1) is 12.1 Å². The number of benzene rings is 2. The number of aromatic amines is 1. The number of nitrogens with zero attached hydrogens (tertiary/aromatic N) is 5. The van der Waals surface area contributed by atoms with Gasteiger partial charge < -0.3 is 4.98 Å². The predicted molar refractivity (Wildman–Crippen MR) is 147 cm³/mol. The highest BCUT2D eigenvalue weighted by Crippen LogP contribution is 2.33. The van der Waals surface area contributed by atoms with Crippen LogP contribution in [0.2, 0.25) is 0 Å². The second-order valence-electron chi connectivity index (χ2n) is 10.7. The largest absolute Gasteiger partial charge is 0.322 e. The number of aromatic nitrogens is 5. The molecule has 1 saturated carbocycles. The number of pyridine rings is 1. The molecule has 1 fully saturated rings. The molecule has 1 atom stereocenters. The summed E-state index contributed by atoms with van der Waals surface area (Å²) in [5, 5.41) is 14.3. The third-order valence-corrected chi connectivity index (χ3v) is 7.70. The van der Waals surface area contributed by atoms with Crippen LogP contribution in [0, 0.1) is 13.8 Å². The maximum atomic E-state index is 13.2. The summed E-state index contributed by atoms with van der Waals surface area (Å²) in [6, 6.07) is 17.2. The van der Waals surface area contributed by atoms with E-state index in [9.17, 15) is 4.79 Å². The van der Waals surface area contributed by atoms with Crippen LogP contribution in [0.25, 0.3) is 10.9 Å². The highest BCUT2D eigenvalue weighted by atomic mass is 16.1. The van der Waals surface area contributed by atoms with Gasteiger partial charge in [-0.2, -0.15) is 0 Å². The Morgan fingerprint density at radius 2 is 1.76 bits per heavy atom. The summed E-state index contributed by atoms with van der Waals surface area (Å²) >= 11 is 0. The van der Waals surface area contributed by atoms with E-state index in [4.69, 9.17) is 0 Å². The van der Waals surface area contributed by atoms with Crippen LogP contribution in [0.1, 0.15) is 92.0 Å². The number of hydrogen-bond donors (Lipinski definition) is 1. The summed E-state index contributed by atoms with van der Waals surface area (Å²) < 4.78 is 2.09. The van der Waals surface area contributed by atoms with Gasteiger partial charge in [0.1, 0.15) is 0 Å². The lowest BCUT2D eigenvalue weighted by Gasteiger charge is -2.32. The molecule has 0 radical (unpaired) electrons. The van der Waals surface area contributed by atoms with Crippen LogP contribution in [-0.4, -0.2) is 30.1 Å². The van der Waals surface area contributed by atoms with Gasteiger partial charge in [0.25, 0.3) is 5.56 Å². The van der Waals surface area contributed by atoms with Gasteiger partial charge in [0.2, 0.25) is 0 Å². The molecule has 194 valence electrons. The molecular weight excluding hydrogens is 460 g/mol. The smallest absolute Gasteiger partial charge is 0.252 e. The summed E-state index contributed by atoms with van der Waals surface area (Å²) in [5.74, 6) is 0.925. The summed E-state index contributed by atoms with van der Waals surface area (Å²) in [7, 11) is 0.